The van der Waals surface area contributed by atoms with Crippen LogP contribution in [0.4, 0.5) is 9.93 Å². The van der Waals surface area contributed by atoms with Crippen LogP contribution in [0.2, 0.25) is 0 Å². The van der Waals surface area contributed by atoms with E-state index in [0.29, 0.717) is 0 Å². The monoisotopic (exact) mass is 604 g/mol. The lowest BCUT2D eigenvalue weighted by molar-refractivity contribution is -0.179. The summed E-state index contributed by atoms with van der Waals surface area (Å²) in [6, 6.07) is 3.08. The van der Waals surface area contributed by atoms with Gasteiger partial charge in [-0.3, -0.25) is 19.7 Å². The molecule has 2 atom stereocenters. The van der Waals surface area contributed by atoms with E-state index in [9.17, 15) is 24.0 Å². The van der Waals surface area contributed by atoms with Gasteiger partial charge in [0.05, 0.1) is 6.04 Å². The molecule has 0 unspecified atom stereocenters. The van der Waals surface area contributed by atoms with E-state index >= 15 is 0 Å². The van der Waals surface area contributed by atoms with Crippen LogP contribution in [0.15, 0.2) is 39.7 Å². The Kier molecular flexibility index (Phi) is 9.45. The molecule has 3 amide bonds. The normalized spacial score (nSPS) is 17.4. The maximum atomic E-state index is 13.5. The number of amides is 3. The van der Waals surface area contributed by atoms with Crippen molar-refractivity contribution in [1.82, 2.24) is 20.2 Å². The van der Waals surface area contributed by atoms with Crippen LogP contribution in [-0.4, -0.2) is 68.0 Å². The van der Waals surface area contributed by atoms with Crippen LogP contribution in [0.25, 0.3) is 0 Å². The number of pyridine rings is 1. The van der Waals surface area contributed by atoms with Crippen molar-refractivity contribution >= 4 is 46.1 Å². The summed E-state index contributed by atoms with van der Waals surface area (Å²) in [5.41, 5.74) is -3.78. The number of thiazole rings is 1. The van der Waals surface area contributed by atoms with Crippen molar-refractivity contribution in [2.24, 2.45) is 5.16 Å². The van der Waals surface area contributed by atoms with Crippen molar-refractivity contribution in [3.63, 3.8) is 0 Å². The zero-order valence-electron chi connectivity index (χ0n) is 24.8. The molecule has 1 saturated heterocycles. The Morgan fingerprint density at radius 3 is 2.31 bits per heavy atom. The van der Waals surface area contributed by atoms with Gasteiger partial charge in [-0.05, 0) is 61.5 Å². The van der Waals surface area contributed by atoms with Crippen LogP contribution in [0, 0.1) is 0 Å². The Morgan fingerprint density at radius 2 is 1.71 bits per heavy atom. The van der Waals surface area contributed by atoms with Crippen LogP contribution < -0.4 is 21.5 Å². The molecule has 0 aliphatic carbocycles. The molecular formula is C27H36N6O8S. The highest BCUT2D eigenvalue weighted by Gasteiger charge is 2.42. The maximum absolute atomic E-state index is 13.5. The molecule has 2 aromatic rings. The molecule has 3 heterocycles. The van der Waals surface area contributed by atoms with E-state index < -0.39 is 52.8 Å². The molecule has 15 heteroatoms. The Labute approximate surface area is 246 Å². The van der Waals surface area contributed by atoms with E-state index in [0.717, 1.165) is 11.3 Å². The van der Waals surface area contributed by atoms with Gasteiger partial charge in [-0.2, -0.15) is 0 Å². The van der Waals surface area contributed by atoms with Crippen LogP contribution in [0.5, 0.6) is 0 Å². The first-order chi connectivity index (χ1) is 19.3. The molecule has 3 N–H and O–H groups in total. The molecule has 3 rings (SSSR count). The molecule has 14 nitrogen and oxygen atoms in total. The summed E-state index contributed by atoms with van der Waals surface area (Å²) < 4.78 is 12.0. The second kappa shape index (κ2) is 12.3. The summed E-state index contributed by atoms with van der Waals surface area (Å²) >= 11 is 0.992. The highest BCUT2D eigenvalue weighted by Crippen LogP contribution is 2.21. The predicted octanol–water partition coefficient (Wildman–Crippen LogP) is 2.18. The molecule has 1 fully saturated rings. The first-order valence-electron chi connectivity index (χ1n) is 13.1. The largest absolute Gasteiger partial charge is 0.457 e. The predicted molar refractivity (Wildman–Crippen MR) is 154 cm³/mol. The number of hydrogen-bond acceptors (Lipinski definition) is 11. The number of esters is 1. The third kappa shape index (κ3) is 8.86. The number of carbonyl (C=O) groups is 4. The fourth-order valence-corrected chi connectivity index (χ4v) is 4.11. The van der Waals surface area contributed by atoms with Crippen LogP contribution in [0.3, 0.4) is 0 Å². The molecule has 0 radical (unpaired) electrons. The van der Waals surface area contributed by atoms with Gasteiger partial charge in [-0.15, -0.1) is 11.3 Å². The van der Waals surface area contributed by atoms with Crippen molar-refractivity contribution in [2.45, 2.75) is 90.8 Å². The van der Waals surface area contributed by atoms with Crippen LogP contribution in [0.1, 0.15) is 61.1 Å². The molecule has 1 aliphatic heterocycles. The van der Waals surface area contributed by atoms with Gasteiger partial charge >= 0.3 is 12.1 Å². The molecule has 2 aromatic heterocycles. The van der Waals surface area contributed by atoms with Gasteiger partial charge in [0.1, 0.15) is 22.9 Å². The standard InChI is InChI=1S/C27H36N6O8S/c1-25(2,3)39-22(37)27(7,8)41-32-19(16-14-42-23(29-16)31-24(38)40-26(4,5)6)21(36)30-18-15(28-20(18)35)13-33-12-10-9-11-17(33)34/h9-12,14-15,18H,13H2,1-8H3,(H,28,35)(H,30,36)(H,29,31,38)/b32-19-/t15-,18+/m1/s1. The molecule has 228 valence electrons. The van der Waals surface area contributed by atoms with Crippen molar-refractivity contribution in [1.29, 1.82) is 0 Å². The summed E-state index contributed by atoms with van der Waals surface area (Å²) in [5.74, 6) is -2.03. The summed E-state index contributed by atoms with van der Waals surface area (Å²) in [7, 11) is 0. The molecule has 0 saturated carbocycles. The summed E-state index contributed by atoms with van der Waals surface area (Å²) in [6.07, 6.45) is 0.818. The van der Waals surface area contributed by atoms with E-state index in [4.69, 9.17) is 14.3 Å². The topological polar surface area (TPSA) is 179 Å². The Morgan fingerprint density at radius 1 is 1.05 bits per heavy atom. The Hall–Kier alpha value is -4.27. The zero-order chi connectivity index (χ0) is 31.5. The number of hydrogen-bond donors (Lipinski definition) is 3. The third-order valence-corrected chi connectivity index (χ3v) is 6.17. The summed E-state index contributed by atoms with van der Waals surface area (Å²) in [6.45, 7) is 13.2. The van der Waals surface area contributed by atoms with Gasteiger partial charge in [0, 0.05) is 24.2 Å². The molecule has 0 aromatic carbocycles. The number of oxime groups is 1. The van der Waals surface area contributed by atoms with E-state index in [1.54, 1.807) is 59.9 Å². The molecule has 1 aliphatic rings. The van der Waals surface area contributed by atoms with Gasteiger partial charge in [0.15, 0.2) is 10.8 Å². The van der Waals surface area contributed by atoms with Gasteiger partial charge in [0.2, 0.25) is 11.5 Å². The fourth-order valence-electron chi connectivity index (χ4n) is 3.43. The zero-order valence-corrected chi connectivity index (χ0v) is 25.6. The van der Waals surface area contributed by atoms with Crippen LogP contribution in [-0.2, 0) is 35.2 Å². The second-order valence-electron chi connectivity index (χ2n) is 12.0. The Balaban J connectivity index is 1.85. The number of aromatic nitrogens is 2. The smallest absolute Gasteiger partial charge is 0.413 e. The minimum absolute atomic E-state index is 0.000826. The molecular weight excluding hydrogens is 568 g/mol. The lowest BCUT2D eigenvalue weighted by atomic mass is 9.98. The first kappa shape index (κ1) is 32.2. The van der Waals surface area contributed by atoms with Crippen molar-refractivity contribution < 1.29 is 33.5 Å². The average Bonchev–Trinajstić information content (AvgIpc) is 3.29. The minimum Gasteiger partial charge on any atom is -0.457 e. The van der Waals surface area contributed by atoms with Gasteiger partial charge < -0.3 is 29.5 Å². The fraction of sp³-hybridized carbons (Fsp3) is 0.519. The Bertz CT molecular complexity index is 1430. The van der Waals surface area contributed by atoms with E-state index in [1.807, 2.05) is 0 Å². The van der Waals surface area contributed by atoms with Gasteiger partial charge in [-0.1, -0.05) is 11.2 Å². The number of β-lactam (4-membered cyclic amide) rings is 1. The van der Waals surface area contributed by atoms with E-state index in [1.165, 1.54) is 29.9 Å². The van der Waals surface area contributed by atoms with Crippen LogP contribution >= 0.6 is 11.3 Å². The molecule has 42 heavy (non-hydrogen) atoms. The van der Waals surface area contributed by atoms with E-state index in [2.05, 4.69) is 26.1 Å². The number of carbonyl (C=O) groups excluding carboxylic acids is 4. The van der Waals surface area contributed by atoms with Crippen molar-refractivity contribution in [2.75, 3.05) is 5.32 Å². The van der Waals surface area contributed by atoms with Gasteiger partial charge in [0.25, 0.3) is 11.5 Å². The summed E-state index contributed by atoms with van der Waals surface area (Å²) in [5, 5.41) is 13.2. The number of anilines is 1. The molecule has 0 bridgehead atoms. The van der Waals surface area contributed by atoms with E-state index in [-0.39, 0.29) is 28.6 Å². The van der Waals surface area contributed by atoms with Crippen molar-refractivity contribution in [3.05, 3.63) is 45.8 Å². The lowest BCUT2D eigenvalue weighted by Crippen LogP contribution is -2.71. The quantitative estimate of drug-likeness (QED) is 0.167. The SMILES string of the molecule is CC(C)(C)OC(=O)Nc1nc(/C(=N/OC(C)(C)C(=O)OC(C)(C)C)C(=O)N[C@@H]2C(=O)N[C@@H]2Cn2ccccc2=O)cs1. The summed E-state index contributed by atoms with van der Waals surface area (Å²) in [4.78, 5) is 72.6. The third-order valence-electron chi connectivity index (χ3n) is 5.42. The second-order valence-corrected chi connectivity index (χ2v) is 12.8. The highest BCUT2D eigenvalue weighted by molar-refractivity contribution is 7.14. The highest BCUT2D eigenvalue weighted by atomic mass is 32.1. The number of rotatable bonds is 9. The average molecular weight is 605 g/mol. The van der Waals surface area contributed by atoms with Gasteiger partial charge in [-0.25, -0.2) is 14.6 Å². The number of nitrogens with zero attached hydrogens (tertiary/aromatic N) is 3. The van der Waals surface area contributed by atoms with Crippen molar-refractivity contribution in [3.8, 4) is 0 Å². The maximum Gasteiger partial charge on any atom is 0.413 e. The number of nitrogens with one attached hydrogen (secondary N) is 3. The number of ether oxygens (including phenoxy) is 2. The molecule has 0 spiro atoms. The first-order valence-corrected chi connectivity index (χ1v) is 13.9. The minimum atomic E-state index is -1.60. The lowest BCUT2D eigenvalue weighted by Gasteiger charge is -2.37.